The van der Waals surface area contributed by atoms with Gasteiger partial charge in [-0.05, 0) is 47.5 Å². The summed E-state index contributed by atoms with van der Waals surface area (Å²) in [4.78, 5) is 17.8. The second kappa shape index (κ2) is 6.15. The van der Waals surface area contributed by atoms with Gasteiger partial charge >= 0.3 is 0 Å². The van der Waals surface area contributed by atoms with E-state index >= 15 is 0 Å². The summed E-state index contributed by atoms with van der Waals surface area (Å²) in [5.41, 5.74) is 1.62. The van der Waals surface area contributed by atoms with Crippen molar-refractivity contribution < 1.29 is 4.79 Å². The molecule has 2 rings (SSSR count). The average molecular weight is 404 g/mol. The number of nitrogens with zero attached hydrogens (tertiary/aromatic N) is 1. The van der Waals surface area contributed by atoms with Crippen molar-refractivity contribution in [3.05, 3.63) is 43.3 Å². The highest BCUT2D eigenvalue weighted by Gasteiger charge is 2.13. The van der Waals surface area contributed by atoms with Crippen LogP contribution < -0.4 is 5.32 Å². The number of halogens is 2. The first-order chi connectivity index (χ1) is 9.01. The largest absolute Gasteiger partial charge is 0.298 e. The Balaban J connectivity index is 2.22. The molecule has 1 aromatic carbocycles. The summed E-state index contributed by atoms with van der Waals surface area (Å²) in [5.74, 6) is -0.162. The first-order valence-electron chi connectivity index (χ1n) is 5.74. The molecule has 0 aliphatic heterocycles. The summed E-state index contributed by atoms with van der Waals surface area (Å²) in [5, 5.41) is 3.48. The fourth-order valence-electron chi connectivity index (χ4n) is 1.65. The zero-order valence-electron chi connectivity index (χ0n) is 10.5. The molecule has 0 aliphatic carbocycles. The number of rotatable bonds is 3. The molecule has 0 saturated heterocycles. The maximum absolute atomic E-state index is 12.2. The first-order valence-corrected chi connectivity index (χ1v) is 8.14. The first kappa shape index (κ1) is 14.7. The summed E-state index contributed by atoms with van der Waals surface area (Å²) in [6.45, 7) is 4.07. The molecule has 1 heterocycles. The Labute approximate surface area is 132 Å². The maximum Gasteiger partial charge on any atom is 0.258 e. The van der Waals surface area contributed by atoms with Crippen LogP contribution in [0.3, 0.4) is 0 Å². The number of carbonyl (C=O) groups is 1. The van der Waals surface area contributed by atoms with Crippen molar-refractivity contribution in [3.8, 4) is 0 Å². The van der Waals surface area contributed by atoms with Crippen molar-refractivity contribution in [2.75, 3.05) is 5.32 Å². The van der Waals surface area contributed by atoms with Gasteiger partial charge in [0.25, 0.3) is 5.91 Å². The van der Waals surface area contributed by atoms with Crippen LogP contribution in [0.25, 0.3) is 0 Å². The molecule has 0 radical (unpaired) electrons. The third-order valence-corrected chi connectivity index (χ3v) is 4.73. The van der Waals surface area contributed by atoms with Gasteiger partial charge in [0, 0.05) is 13.8 Å². The lowest BCUT2D eigenvalue weighted by Crippen LogP contribution is -2.12. The molecule has 1 N–H and O–H groups in total. The van der Waals surface area contributed by atoms with E-state index in [1.165, 1.54) is 11.3 Å². The highest BCUT2D eigenvalue weighted by Crippen LogP contribution is 2.25. The zero-order valence-corrected chi connectivity index (χ0v) is 14.4. The maximum atomic E-state index is 12.2. The highest BCUT2D eigenvalue weighted by atomic mass is 79.9. The van der Waals surface area contributed by atoms with E-state index in [1.54, 1.807) is 6.07 Å². The minimum absolute atomic E-state index is 0.162. The number of thiazole rings is 1. The van der Waals surface area contributed by atoms with Gasteiger partial charge in [0.2, 0.25) is 0 Å². The van der Waals surface area contributed by atoms with Crippen molar-refractivity contribution >= 4 is 54.2 Å². The lowest BCUT2D eigenvalue weighted by atomic mass is 10.2. The third-order valence-electron chi connectivity index (χ3n) is 2.62. The Morgan fingerprint density at radius 1 is 1.42 bits per heavy atom. The molecule has 0 fully saturated rings. The molecule has 0 unspecified atom stereocenters. The van der Waals surface area contributed by atoms with E-state index in [0.29, 0.717) is 10.7 Å². The summed E-state index contributed by atoms with van der Waals surface area (Å²) in [6, 6.07) is 5.49. The van der Waals surface area contributed by atoms with Gasteiger partial charge < -0.3 is 0 Å². The number of hydrogen-bond donors (Lipinski definition) is 1. The molecule has 3 nitrogen and oxygen atoms in total. The predicted octanol–water partition coefficient (Wildman–Crippen LogP) is 4.79. The zero-order chi connectivity index (χ0) is 14.0. The minimum Gasteiger partial charge on any atom is -0.298 e. The van der Waals surface area contributed by atoms with Crippen LogP contribution in [-0.4, -0.2) is 10.9 Å². The van der Waals surface area contributed by atoms with E-state index in [0.717, 1.165) is 25.9 Å². The average Bonchev–Trinajstić information content (AvgIpc) is 2.72. The number of anilines is 1. The van der Waals surface area contributed by atoms with Gasteiger partial charge in [0.05, 0.1) is 11.3 Å². The van der Waals surface area contributed by atoms with E-state index in [-0.39, 0.29) is 5.91 Å². The second-order valence-electron chi connectivity index (χ2n) is 3.95. The minimum atomic E-state index is -0.162. The number of aryl methyl sites for hydroxylation is 2. The molecule has 100 valence electrons. The van der Waals surface area contributed by atoms with Crippen LogP contribution in [0.2, 0.25) is 0 Å². The number of nitrogens with one attached hydrogen (secondary N) is 1. The van der Waals surface area contributed by atoms with Crippen LogP contribution in [0.4, 0.5) is 5.13 Å². The number of carbonyl (C=O) groups excluding carboxylic acids is 1. The van der Waals surface area contributed by atoms with E-state index in [4.69, 9.17) is 0 Å². The van der Waals surface area contributed by atoms with Crippen LogP contribution in [-0.2, 0) is 6.42 Å². The van der Waals surface area contributed by atoms with E-state index in [2.05, 4.69) is 49.1 Å². The highest BCUT2D eigenvalue weighted by molar-refractivity contribution is 9.11. The number of aromatic nitrogens is 1. The van der Waals surface area contributed by atoms with Gasteiger partial charge in [-0.2, -0.15) is 0 Å². The topological polar surface area (TPSA) is 42.0 Å². The Morgan fingerprint density at radius 3 is 2.79 bits per heavy atom. The second-order valence-corrected chi connectivity index (χ2v) is 6.93. The predicted molar refractivity (Wildman–Crippen MR) is 86.0 cm³/mol. The fraction of sp³-hybridized carbons (Fsp3) is 0.231. The smallest absolute Gasteiger partial charge is 0.258 e. The molecule has 6 heteroatoms. The van der Waals surface area contributed by atoms with Crippen molar-refractivity contribution in [3.63, 3.8) is 0 Å². The fourth-order valence-corrected chi connectivity index (χ4v) is 3.33. The van der Waals surface area contributed by atoms with E-state index in [9.17, 15) is 4.79 Å². The normalized spacial score (nSPS) is 10.5. The van der Waals surface area contributed by atoms with Gasteiger partial charge in [-0.25, -0.2) is 4.98 Å². The molecular formula is C13H12Br2N2OS. The number of benzene rings is 1. The standard InChI is InChI=1S/C13H12Br2N2OS/c1-3-11-7(2)19-13(16-11)17-12(18)9-6-8(14)4-5-10(9)15/h4-6H,3H2,1-2H3,(H,16,17,18). The molecule has 2 aromatic rings. The number of amides is 1. The van der Waals surface area contributed by atoms with E-state index in [1.807, 2.05) is 19.1 Å². The summed E-state index contributed by atoms with van der Waals surface area (Å²) in [6.07, 6.45) is 0.874. The monoisotopic (exact) mass is 402 g/mol. The molecule has 0 aliphatic rings. The van der Waals surface area contributed by atoms with Crippen LogP contribution in [0, 0.1) is 6.92 Å². The van der Waals surface area contributed by atoms with Crippen molar-refractivity contribution in [2.24, 2.45) is 0 Å². The van der Waals surface area contributed by atoms with Gasteiger partial charge in [-0.3, -0.25) is 10.1 Å². The lowest BCUT2D eigenvalue weighted by Gasteiger charge is -2.04. The molecule has 0 saturated carbocycles. The van der Waals surface area contributed by atoms with Gasteiger partial charge in [0.15, 0.2) is 5.13 Å². The Kier molecular flexibility index (Phi) is 4.76. The van der Waals surface area contributed by atoms with Crippen molar-refractivity contribution in [1.82, 2.24) is 4.98 Å². The molecule has 1 aromatic heterocycles. The molecule has 0 bridgehead atoms. The van der Waals surface area contributed by atoms with Crippen molar-refractivity contribution in [1.29, 1.82) is 0 Å². The molecular weight excluding hydrogens is 392 g/mol. The van der Waals surface area contributed by atoms with Gasteiger partial charge in [0.1, 0.15) is 0 Å². The van der Waals surface area contributed by atoms with Crippen molar-refractivity contribution in [2.45, 2.75) is 20.3 Å². The molecule has 0 atom stereocenters. The Bertz CT molecular complexity index is 625. The van der Waals surface area contributed by atoms with Gasteiger partial charge in [-0.1, -0.05) is 22.9 Å². The molecule has 19 heavy (non-hydrogen) atoms. The lowest BCUT2D eigenvalue weighted by molar-refractivity contribution is 0.102. The summed E-state index contributed by atoms with van der Waals surface area (Å²) in [7, 11) is 0. The summed E-state index contributed by atoms with van der Waals surface area (Å²) < 4.78 is 1.63. The van der Waals surface area contributed by atoms with E-state index < -0.39 is 0 Å². The summed E-state index contributed by atoms with van der Waals surface area (Å²) >= 11 is 8.24. The molecule has 0 spiro atoms. The van der Waals surface area contributed by atoms with Gasteiger partial charge in [-0.15, -0.1) is 11.3 Å². The molecule has 1 amide bonds. The Morgan fingerprint density at radius 2 is 2.16 bits per heavy atom. The Hall–Kier alpha value is -0.720. The van der Waals surface area contributed by atoms with Crippen LogP contribution >= 0.6 is 43.2 Å². The third kappa shape index (κ3) is 3.43. The van der Waals surface area contributed by atoms with Crippen LogP contribution in [0.15, 0.2) is 27.1 Å². The number of hydrogen-bond acceptors (Lipinski definition) is 3. The quantitative estimate of drug-likeness (QED) is 0.800. The SMILES string of the molecule is CCc1nc(NC(=O)c2cc(Br)ccc2Br)sc1C. The van der Waals surface area contributed by atoms with Crippen LogP contribution in [0.5, 0.6) is 0 Å². The van der Waals surface area contributed by atoms with Crippen LogP contribution in [0.1, 0.15) is 27.9 Å².